The minimum absolute atomic E-state index is 0.148. The molecule has 0 saturated heterocycles. The fraction of sp³-hybridized carbons (Fsp3) is 0.114. The zero-order chi connectivity index (χ0) is 29.0. The van der Waals surface area contributed by atoms with E-state index in [1.165, 1.54) is 6.21 Å². The third kappa shape index (κ3) is 4.01. The van der Waals surface area contributed by atoms with Crippen molar-refractivity contribution in [2.75, 3.05) is 9.80 Å². The first-order valence-corrected chi connectivity index (χ1v) is 13.9. The van der Waals surface area contributed by atoms with Gasteiger partial charge in [0.2, 0.25) is 5.78 Å². The number of aliphatic imine (C=N–C) groups is 1. The summed E-state index contributed by atoms with van der Waals surface area (Å²) < 4.78 is 0. The molecular formula is C35H28N6O. The van der Waals surface area contributed by atoms with Crippen LogP contribution < -0.4 is 9.80 Å². The SMILES string of the molecule is Cc1cccc(C)c1N1C(=C/C=C2/N=CC(=O)c3cccnc32)N(c2c(C)cccc2C)c2nc3ccccc3nc21. The number of para-hydroxylation sites is 4. The van der Waals surface area contributed by atoms with E-state index in [2.05, 4.69) is 83.9 Å². The molecule has 5 aromatic rings. The van der Waals surface area contributed by atoms with E-state index in [9.17, 15) is 4.79 Å². The van der Waals surface area contributed by atoms with Crippen LogP contribution in [-0.4, -0.2) is 26.9 Å². The van der Waals surface area contributed by atoms with Gasteiger partial charge in [0.25, 0.3) is 0 Å². The molecule has 42 heavy (non-hydrogen) atoms. The molecule has 7 nitrogen and oxygen atoms in total. The fourth-order valence-electron chi connectivity index (χ4n) is 5.85. The number of hydrogen-bond acceptors (Lipinski definition) is 7. The molecule has 4 heterocycles. The van der Waals surface area contributed by atoms with Crippen LogP contribution in [-0.2, 0) is 0 Å². The molecule has 0 unspecified atom stereocenters. The monoisotopic (exact) mass is 548 g/mol. The van der Waals surface area contributed by atoms with E-state index in [1.54, 1.807) is 18.3 Å². The molecule has 7 heteroatoms. The highest BCUT2D eigenvalue weighted by atomic mass is 16.1. The highest BCUT2D eigenvalue weighted by Gasteiger charge is 2.39. The lowest BCUT2D eigenvalue weighted by molar-refractivity contribution is 0.106. The van der Waals surface area contributed by atoms with Gasteiger partial charge in [-0.2, -0.15) is 0 Å². The molecule has 3 aromatic carbocycles. The number of benzene rings is 3. The van der Waals surface area contributed by atoms with Crippen LogP contribution in [0.5, 0.6) is 0 Å². The van der Waals surface area contributed by atoms with Gasteiger partial charge in [0.05, 0.1) is 45.6 Å². The topological polar surface area (TPSA) is 74.6 Å². The number of ketones is 1. The van der Waals surface area contributed by atoms with Gasteiger partial charge in [0, 0.05) is 6.20 Å². The van der Waals surface area contributed by atoms with Gasteiger partial charge in [0.1, 0.15) is 5.82 Å². The molecule has 2 aliphatic heterocycles. The normalized spacial score (nSPS) is 15.0. The smallest absolute Gasteiger partial charge is 0.206 e. The average Bonchev–Trinajstić information content (AvgIpc) is 3.28. The van der Waals surface area contributed by atoms with Crippen molar-refractivity contribution in [1.82, 2.24) is 15.0 Å². The van der Waals surface area contributed by atoms with Gasteiger partial charge in [-0.15, -0.1) is 0 Å². The molecule has 2 aliphatic rings. The van der Waals surface area contributed by atoms with E-state index in [1.807, 2.05) is 36.4 Å². The number of rotatable bonds is 3. The largest absolute Gasteiger partial charge is 0.287 e. The molecule has 0 N–H and O–H groups in total. The Bertz CT molecular complexity index is 1880. The molecule has 0 atom stereocenters. The summed E-state index contributed by atoms with van der Waals surface area (Å²) in [5.74, 6) is 2.20. The van der Waals surface area contributed by atoms with E-state index in [-0.39, 0.29) is 5.78 Å². The number of aromatic nitrogens is 3. The predicted molar refractivity (Wildman–Crippen MR) is 169 cm³/mol. The molecule has 7 rings (SSSR count). The van der Waals surface area contributed by atoms with Crippen molar-refractivity contribution < 1.29 is 4.79 Å². The Kier molecular flexibility index (Phi) is 6.01. The van der Waals surface area contributed by atoms with E-state index < -0.39 is 0 Å². The standard InChI is InChI=1S/C35H28N6O/c1-21-10-7-11-22(2)32(21)40-30(18-17-28-31-25(14-9-19-36-31)29(42)20-37-28)41(33-23(3)12-8-13-24(33)4)35-34(40)38-26-15-5-6-16-27(26)39-35/h5-20H,1-4H3/b28-17+. The number of pyridine rings is 1. The number of anilines is 4. The summed E-state index contributed by atoms with van der Waals surface area (Å²) in [7, 11) is 0. The zero-order valence-corrected chi connectivity index (χ0v) is 23.8. The second kappa shape index (κ2) is 9.89. The Hall–Kier alpha value is -5.43. The van der Waals surface area contributed by atoms with Crippen molar-refractivity contribution >= 4 is 51.7 Å². The second-order valence-corrected chi connectivity index (χ2v) is 10.6. The maximum atomic E-state index is 12.5. The first-order chi connectivity index (χ1) is 20.4. The lowest BCUT2D eigenvalue weighted by Crippen LogP contribution is -2.24. The molecule has 0 saturated carbocycles. The van der Waals surface area contributed by atoms with Crippen molar-refractivity contribution in [1.29, 1.82) is 0 Å². The second-order valence-electron chi connectivity index (χ2n) is 10.6. The van der Waals surface area contributed by atoms with Gasteiger partial charge in [-0.1, -0.05) is 48.5 Å². The summed E-state index contributed by atoms with van der Waals surface area (Å²) in [6.45, 7) is 8.47. The minimum Gasteiger partial charge on any atom is -0.287 e. The third-order valence-corrected chi connectivity index (χ3v) is 7.77. The van der Waals surface area contributed by atoms with Crippen LogP contribution in [0.3, 0.4) is 0 Å². The molecule has 204 valence electrons. The van der Waals surface area contributed by atoms with E-state index in [0.29, 0.717) is 17.0 Å². The quantitative estimate of drug-likeness (QED) is 0.230. The minimum atomic E-state index is -0.148. The van der Waals surface area contributed by atoms with Gasteiger partial charge < -0.3 is 0 Å². The number of nitrogens with zero attached hydrogens (tertiary/aromatic N) is 6. The Morgan fingerprint density at radius 1 is 0.643 bits per heavy atom. The highest BCUT2D eigenvalue weighted by molar-refractivity contribution is 6.38. The summed E-state index contributed by atoms with van der Waals surface area (Å²) in [6, 6.07) is 24.1. The van der Waals surface area contributed by atoms with E-state index in [4.69, 9.17) is 9.97 Å². The number of Topliss-reactive ketones (excluding diaryl/α,β-unsaturated/α-hetero) is 1. The number of allylic oxidation sites excluding steroid dienone is 2. The number of aryl methyl sites for hydroxylation is 4. The first-order valence-electron chi connectivity index (χ1n) is 13.9. The number of fused-ring (bicyclic) bond motifs is 3. The van der Waals surface area contributed by atoms with Crippen LogP contribution in [0.2, 0.25) is 0 Å². The summed E-state index contributed by atoms with van der Waals surface area (Å²) in [5, 5.41) is 0. The number of carbonyl (C=O) groups excluding carboxylic acids is 1. The lowest BCUT2D eigenvalue weighted by atomic mass is 10.0. The molecule has 0 radical (unpaired) electrons. The fourth-order valence-corrected chi connectivity index (χ4v) is 5.85. The van der Waals surface area contributed by atoms with Crippen LogP contribution in [0.25, 0.3) is 16.7 Å². The van der Waals surface area contributed by atoms with Crippen molar-refractivity contribution in [2.45, 2.75) is 27.7 Å². The van der Waals surface area contributed by atoms with Crippen LogP contribution in [0.1, 0.15) is 38.3 Å². The molecular weight excluding hydrogens is 520 g/mol. The van der Waals surface area contributed by atoms with Crippen molar-refractivity contribution in [2.24, 2.45) is 4.99 Å². The third-order valence-electron chi connectivity index (χ3n) is 7.77. The Labute approximate surface area is 244 Å². The Balaban J connectivity index is 1.55. The van der Waals surface area contributed by atoms with E-state index in [0.717, 1.165) is 62.1 Å². The Morgan fingerprint density at radius 2 is 1.19 bits per heavy atom. The zero-order valence-electron chi connectivity index (χ0n) is 23.8. The maximum Gasteiger partial charge on any atom is 0.206 e. The molecule has 0 bridgehead atoms. The average molecular weight is 549 g/mol. The highest BCUT2D eigenvalue weighted by Crippen LogP contribution is 2.51. The van der Waals surface area contributed by atoms with Crippen molar-refractivity contribution in [3.8, 4) is 0 Å². The van der Waals surface area contributed by atoms with Crippen LogP contribution in [0.4, 0.5) is 23.0 Å². The van der Waals surface area contributed by atoms with Crippen LogP contribution in [0.15, 0.2) is 102 Å². The lowest BCUT2D eigenvalue weighted by Gasteiger charge is -2.28. The van der Waals surface area contributed by atoms with Crippen molar-refractivity contribution in [3.63, 3.8) is 0 Å². The number of carbonyl (C=O) groups is 1. The first kappa shape index (κ1) is 25.5. The number of hydrogen-bond donors (Lipinski definition) is 0. The molecule has 0 fully saturated rings. The summed E-state index contributed by atoms with van der Waals surface area (Å²) in [5.41, 5.74) is 9.92. The van der Waals surface area contributed by atoms with E-state index >= 15 is 0 Å². The van der Waals surface area contributed by atoms with Gasteiger partial charge in [-0.25, -0.2) is 9.97 Å². The van der Waals surface area contributed by atoms with Gasteiger partial charge in [-0.05, 0) is 86.4 Å². The summed E-state index contributed by atoms with van der Waals surface area (Å²) in [6.07, 6.45) is 7.01. The van der Waals surface area contributed by atoms with Crippen molar-refractivity contribution in [3.05, 3.63) is 130 Å². The van der Waals surface area contributed by atoms with Crippen LogP contribution in [0, 0.1) is 27.7 Å². The molecule has 0 amide bonds. The molecule has 2 aromatic heterocycles. The summed E-state index contributed by atoms with van der Waals surface area (Å²) in [4.78, 5) is 36.3. The molecule has 0 aliphatic carbocycles. The Morgan fingerprint density at radius 3 is 1.74 bits per heavy atom. The van der Waals surface area contributed by atoms with Gasteiger partial charge in [0.15, 0.2) is 11.6 Å². The van der Waals surface area contributed by atoms with Gasteiger partial charge >= 0.3 is 0 Å². The maximum absolute atomic E-state index is 12.5. The predicted octanol–water partition coefficient (Wildman–Crippen LogP) is 7.70. The van der Waals surface area contributed by atoms with Crippen LogP contribution >= 0.6 is 0 Å². The van der Waals surface area contributed by atoms with Gasteiger partial charge in [-0.3, -0.25) is 24.6 Å². The summed E-state index contributed by atoms with van der Waals surface area (Å²) >= 11 is 0. The molecule has 0 spiro atoms.